The number of carbonyl (C=O) groups is 2. The number of hydrogen-bond acceptors (Lipinski definition) is 5. The van der Waals surface area contributed by atoms with Crippen LogP contribution in [0.1, 0.15) is 60.5 Å². The van der Waals surface area contributed by atoms with E-state index in [-0.39, 0.29) is 18.4 Å². The zero-order chi connectivity index (χ0) is 23.7. The molecule has 3 aromatic rings. The molecule has 0 bridgehead atoms. The molecule has 33 heavy (non-hydrogen) atoms. The lowest BCUT2D eigenvalue weighted by Crippen LogP contribution is -2.12. The molecule has 0 atom stereocenters. The van der Waals surface area contributed by atoms with Crippen molar-refractivity contribution in [3.8, 4) is 11.1 Å². The van der Waals surface area contributed by atoms with Gasteiger partial charge in [-0.05, 0) is 56.2 Å². The fourth-order valence-electron chi connectivity index (χ4n) is 4.99. The number of fused-ring (bicyclic) bond motifs is 2. The Morgan fingerprint density at radius 3 is 2.70 bits per heavy atom. The van der Waals surface area contributed by atoms with Crippen molar-refractivity contribution < 1.29 is 23.5 Å². The number of esters is 2. The van der Waals surface area contributed by atoms with E-state index in [2.05, 4.69) is 0 Å². The van der Waals surface area contributed by atoms with Crippen LogP contribution in [0.4, 0.5) is 4.39 Å². The Balaban J connectivity index is 1.95. The molecule has 2 aromatic heterocycles. The number of aryl methyl sites for hydroxylation is 4. The summed E-state index contributed by atoms with van der Waals surface area (Å²) in [6.07, 6.45) is 4.68. The molecule has 0 aliphatic carbocycles. The number of carbonyl (C=O) groups excluding carboxylic acids is 2. The molecule has 3 heterocycles. The van der Waals surface area contributed by atoms with Crippen LogP contribution in [0.25, 0.3) is 22.0 Å². The first-order chi connectivity index (χ1) is 15.9. The Morgan fingerprint density at radius 2 is 2.00 bits per heavy atom. The fourth-order valence-corrected chi connectivity index (χ4v) is 4.99. The molecule has 1 aromatic carbocycles. The summed E-state index contributed by atoms with van der Waals surface area (Å²) in [4.78, 5) is 23.9. The van der Waals surface area contributed by atoms with Gasteiger partial charge in [0.05, 0.1) is 24.9 Å². The molecule has 4 rings (SSSR count). The molecule has 0 spiro atoms. The van der Waals surface area contributed by atoms with E-state index in [1.165, 1.54) is 20.1 Å². The first kappa shape index (κ1) is 23.0. The summed E-state index contributed by atoms with van der Waals surface area (Å²) in [5.74, 6) is -1.15. The van der Waals surface area contributed by atoms with Crippen LogP contribution in [0.5, 0.6) is 0 Å². The molecule has 0 fully saturated rings. The minimum Gasteiger partial charge on any atom is -0.466 e. The zero-order valence-electron chi connectivity index (χ0n) is 19.7. The van der Waals surface area contributed by atoms with Gasteiger partial charge in [-0.1, -0.05) is 6.92 Å². The van der Waals surface area contributed by atoms with Gasteiger partial charge >= 0.3 is 11.9 Å². The van der Waals surface area contributed by atoms with Crippen molar-refractivity contribution >= 4 is 22.8 Å². The zero-order valence-corrected chi connectivity index (χ0v) is 19.7. The SMILES string of the molecule is CCc1nn2c(c1-c1c(F)ccc3c(CCCOC(C)=O)c(C(=O)OC)n(C)c13)CCCC2. The van der Waals surface area contributed by atoms with Gasteiger partial charge < -0.3 is 14.0 Å². The van der Waals surface area contributed by atoms with Gasteiger partial charge in [-0.3, -0.25) is 9.48 Å². The van der Waals surface area contributed by atoms with E-state index in [0.29, 0.717) is 36.0 Å². The van der Waals surface area contributed by atoms with Gasteiger partial charge in [0.25, 0.3) is 0 Å². The fraction of sp³-hybridized carbons (Fsp3) is 0.480. The number of hydrogen-bond donors (Lipinski definition) is 0. The smallest absolute Gasteiger partial charge is 0.354 e. The molecular formula is C25H30FN3O4. The highest BCUT2D eigenvalue weighted by Crippen LogP contribution is 2.40. The minimum absolute atomic E-state index is 0.247. The van der Waals surface area contributed by atoms with Crippen molar-refractivity contribution in [3.63, 3.8) is 0 Å². The molecule has 176 valence electrons. The lowest BCUT2D eigenvalue weighted by Gasteiger charge is -2.16. The molecule has 0 radical (unpaired) electrons. The lowest BCUT2D eigenvalue weighted by atomic mass is 9.94. The van der Waals surface area contributed by atoms with Crippen molar-refractivity contribution in [1.82, 2.24) is 14.3 Å². The highest BCUT2D eigenvalue weighted by atomic mass is 19.1. The minimum atomic E-state index is -0.477. The van der Waals surface area contributed by atoms with Crippen LogP contribution in [0.3, 0.4) is 0 Å². The van der Waals surface area contributed by atoms with Gasteiger partial charge in [0.2, 0.25) is 0 Å². The summed E-state index contributed by atoms with van der Waals surface area (Å²) in [5, 5.41) is 5.58. The van der Waals surface area contributed by atoms with E-state index in [1.807, 2.05) is 11.6 Å². The molecule has 8 heteroatoms. The second kappa shape index (κ2) is 9.37. The van der Waals surface area contributed by atoms with Crippen molar-refractivity contribution in [3.05, 3.63) is 40.6 Å². The maximum absolute atomic E-state index is 15.5. The third kappa shape index (κ3) is 4.03. The number of ether oxygens (including phenoxy) is 2. The highest BCUT2D eigenvalue weighted by molar-refractivity contribution is 6.05. The van der Waals surface area contributed by atoms with Gasteiger partial charge in [-0.2, -0.15) is 5.10 Å². The van der Waals surface area contributed by atoms with E-state index >= 15 is 4.39 Å². The molecule has 0 saturated carbocycles. The van der Waals surface area contributed by atoms with E-state index in [4.69, 9.17) is 14.6 Å². The van der Waals surface area contributed by atoms with Crippen molar-refractivity contribution in [2.24, 2.45) is 7.05 Å². The standard InChI is InChI=1S/C25H30FN3O4/c1-5-19-22(20-10-6-7-13-29(20)27-19)21-18(26)12-11-17-16(9-8-14-33-15(2)30)24(25(31)32-4)28(3)23(17)21/h11-12H,5-10,13-14H2,1-4H3. The number of aromatic nitrogens is 3. The monoisotopic (exact) mass is 455 g/mol. The molecular weight excluding hydrogens is 425 g/mol. The Kier molecular flexibility index (Phi) is 6.54. The second-order valence-corrected chi connectivity index (χ2v) is 8.44. The number of benzene rings is 1. The first-order valence-electron chi connectivity index (χ1n) is 11.5. The number of methoxy groups -OCH3 is 1. The summed E-state index contributed by atoms with van der Waals surface area (Å²) in [5.41, 5.74) is 5.09. The van der Waals surface area contributed by atoms with E-state index < -0.39 is 5.97 Å². The predicted molar refractivity (Wildman–Crippen MR) is 123 cm³/mol. The van der Waals surface area contributed by atoms with Crippen molar-refractivity contribution in [1.29, 1.82) is 0 Å². The van der Waals surface area contributed by atoms with Crippen LogP contribution in [0, 0.1) is 5.82 Å². The topological polar surface area (TPSA) is 75.3 Å². The molecule has 0 unspecified atom stereocenters. The normalized spacial score (nSPS) is 13.2. The van der Waals surface area contributed by atoms with E-state index in [0.717, 1.165) is 53.7 Å². The van der Waals surface area contributed by atoms with Crippen LogP contribution in [0.15, 0.2) is 12.1 Å². The van der Waals surface area contributed by atoms with Crippen molar-refractivity contribution in [2.45, 2.75) is 58.9 Å². The lowest BCUT2D eigenvalue weighted by molar-refractivity contribution is -0.141. The van der Waals surface area contributed by atoms with Crippen LogP contribution in [0.2, 0.25) is 0 Å². The van der Waals surface area contributed by atoms with Crippen LogP contribution < -0.4 is 0 Å². The largest absolute Gasteiger partial charge is 0.466 e. The summed E-state index contributed by atoms with van der Waals surface area (Å²) < 4.78 is 29.4. The average Bonchev–Trinajstić information content (AvgIpc) is 3.31. The first-order valence-corrected chi connectivity index (χ1v) is 11.5. The maximum atomic E-state index is 15.5. The second-order valence-electron chi connectivity index (χ2n) is 8.44. The average molecular weight is 456 g/mol. The van der Waals surface area contributed by atoms with Gasteiger partial charge in [0.15, 0.2) is 0 Å². The van der Waals surface area contributed by atoms with Gasteiger partial charge in [0, 0.05) is 42.7 Å². The van der Waals surface area contributed by atoms with Crippen molar-refractivity contribution in [2.75, 3.05) is 13.7 Å². The summed E-state index contributed by atoms with van der Waals surface area (Å²) in [6.45, 7) is 4.48. The Morgan fingerprint density at radius 1 is 1.21 bits per heavy atom. The molecule has 7 nitrogen and oxygen atoms in total. The van der Waals surface area contributed by atoms with E-state index in [9.17, 15) is 9.59 Å². The number of halogens is 1. The van der Waals surface area contributed by atoms with Crippen LogP contribution in [-0.4, -0.2) is 40.0 Å². The van der Waals surface area contributed by atoms with Gasteiger partial charge in [0.1, 0.15) is 11.5 Å². The predicted octanol–water partition coefficient (Wildman–Crippen LogP) is 4.36. The molecule has 0 saturated heterocycles. The summed E-state index contributed by atoms with van der Waals surface area (Å²) >= 11 is 0. The Labute approximate surface area is 192 Å². The third-order valence-corrected chi connectivity index (χ3v) is 6.41. The highest BCUT2D eigenvalue weighted by Gasteiger charge is 2.29. The maximum Gasteiger partial charge on any atom is 0.354 e. The molecule has 1 aliphatic heterocycles. The quantitative estimate of drug-likeness (QED) is 0.391. The number of rotatable bonds is 7. The summed E-state index contributed by atoms with van der Waals surface area (Å²) in [7, 11) is 3.11. The van der Waals surface area contributed by atoms with Gasteiger partial charge in [-0.25, -0.2) is 9.18 Å². The van der Waals surface area contributed by atoms with Crippen LogP contribution in [-0.2, 0) is 47.1 Å². The molecule has 0 N–H and O–H groups in total. The summed E-state index contributed by atoms with van der Waals surface area (Å²) in [6, 6.07) is 3.20. The van der Waals surface area contributed by atoms with Gasteiger partial charge in [-0.15, -0.1) is 0 Å². The molecule has 1 aliphatic rings. The number of nitrogens with zero attached hydrogens (tertiary/aromatic N) is 3. The van der Waals surface area contributed by atoms with E-state index in [1.54, 1.807) is 17.7 Å². The molecule has 0 amide bonds. The Bertz CT molecular complexity index is 1220. The Hall–Kier alpha value is -3.16. The van der Waals surface area contributed by atoms with Crippen LogP contribution >= 0.6 is 0 Å². The third-order valence-electron chi connectivity index (χ3n) is 6.41.